The van der Waals surface area contributed by atoms with Crippen LogP contribution in [0, 0.1) is 0 Å². The summed E-state index contributed by atoms with van der Waals surface area (Å²) in [6.07, 6.45) is 1.70. The van der Waals surface area contributed by atoms with E-state index in [0.29, 0.717) is 31.0 Å². The highest BCUT2D eigenvalue weighted by atomic mass is 16.5. The molecular weight excluding hydrogens is 256 g/mol. The van der Waals surface area contributed by atoms with Gasteiger partial charge in [0.25, 0.3) is 5.91 Å². The van der Waals surface area contributed by atoms with Crippen LogP contribution in [0.3, 0.4) is 0 Å². The van der Waals surface area contributed by atoms with Crippen molar-refractivity contribution in [3.8, 4) is 5.75 Å². The molecule has 0 bridgehead atoms. The summed E-state index contributed by atoms with van der Waals surface area (Å²) in [4.78, 5) is 14.4. The summed E-state index contributed by atoms with van der Waals surface area (Å²) >= 11 is 0. The second-order valence-corrected chi connectivity index (χ2v) is 4.60. The van der Waals surface area contributed by atoms with Crippen LogP contribution in [0.5, 0.6) is 5.75 Å². The Hall–Kier alpha value is -2.37. The normalized spacial score (nSPS) is 13.9. The molecule has 0 radical (unpaired) electrons. The number of hydrogen-bond acceptors (Lipinski definition) is 4. The number of nitrogens with zero attached hydrogens (tertiary/aromatic N) is 4. The maximum absolute atomic E-state index is 12.6. The van der Waals surface area contributed by atoms with Crippen LogP contribution < -0.4 is 4.74 Å². The summed E-state index contributed by atoms with van der Waals surface area (Å²) in [5.41, 5.74) is 0.599. The summed E-state index contributed by atoms with van der Waals surface area (Å²) < 4.78 is 7.49. The Bertz CT molecular complexity index is 623. The minimum atomic E-state index is -0.0247. The Balaban J connectivity index is 1.83. The van der Waals surface area contributed by atoms with Gasteiger partial charge in [0.05, 0.1) is 18.7 Å². The van der Waals surface area contributed by atoms with Crippen molar-refractivity contribution in [2.75, 3.05) is 13.2 Å². The van der Waals surface area contributed by atoms with Gasteiger partial charge in [0.2, 0.25) is 0 Å². The third-order valence-corrected chi connectivity index (χ3v) is 3.34. The Morgan fingerprint density at radius 3 is 3.05 bits per heavy atom. The van der Waals surface area contributed by atoms with Crippen molar-refractivity contribution in [3.63, 3.8) is 0 Å². The first-order chi connectivity index (χ1) is 9.79. The highest BCUT2D eigenvalue weighted by Crippen LogP contribution is 2.21. The fourth-order valence-corrected chi connectivity index (χ4v) is 2.33. The number of fused-ring (bicyclic) bond motifs is 1. The van der Waals surface area contributed by atoms with Gasteiger partial charge in [-0.15, -0.1) is 10.2 Å². The minimum absolute atomic E-state index is 0.0247. The van der Waals surface area contributed by atoms with Crippen molar-refractivity contribution < 1.29 is 9.53 Å². The Labute approximate surface area is 117 Å². The number of hydrogen-bond donors (Lipinski definition) is 0. The van der Waals surface area contributed by atoms with Crippen molar-refractivity contribution >= 4 is 5.91 Å². The van der Waals surface area contributed by atoms with Crippen molar-refractivity contribution in [2.24, 2.45) is 0 Å². The number of carbonyl (C=O) groups excluding carboxylic acids is 1. The van der Waals surface area contributed by atoms with Crippen molar-refractivity contribution in [2.45, 2.75) is 20.0 Å². The highest BCUT2D eigenvalue weighted by molar-refractivity contribution is 5.96. The van der Waals surface area contributed by atoms with E-state index in [-0.39, 0.29) is 5.91 Å². The lowest BCUT2D eigenvalue weighted by Gasteiger charge is -2.27. The molecule has 6 nitrogen and oxygen atoms in total. The third kappa shape index (κ3) is 2.24. The zero-order chi connectivity index (χ0) is 13.9. The zero-order valence-corrected chi connectivity index (χ0v) is 11.3. The minimum Gasteiger partial charge on any atom is -0.493 e. The van der Waals surface area contributed by atoms with E-state index in [1.165, 1.54) is 0 Å². The van der Waals surface area contributed by atoms with E-state index in [4.69, 9.17) is 4.74 Å². The van der Waals surface area contributed by atoms with Crippen LogP contribution in [-0.4, -0.2) is 38.7 Å². The van der Waals surface area contributed by atoms with Crippen LogP contribution in [-0.2, 0) is 13.1 Å². The molecule has 0 saturated heterocycles. The molecule has 20 heavy (non-hydrogen) atoms. The lowest BCUT2D eigenvalue weighted by atomic mass is 10.1. The summed E-state index contributed by atoms with van der Waals surface area (Å²) in [5.74, 6) is 1.42. The topological polar surface area (TPSA) is 60.2 Å². The molecule has 1 aromatic carbocycles. The molecule has 3 rings (SSSR count). The molecule has 0 N–H and O–H groups in total. The van der Waals surface area contributed by atoms with Crippen LogP contribution in [0.15, 0.2) is 30.6 Å². The number of ether oxygens (including phenoxy) is 1. The molecule has 0 fully saturated rings. The molecule has 0 aliphatic carbocycles. The summed E-state index contributed by atoms with van der Waals surface area (Å²) in [6, 6.07) is 7.34. The van der Waals surface area contributed by atoms with Gasteiger partial charge in [0.1, 0.15) is 12.1 Å². The average molecular weight is 272 g/mol. The van der Waals surface area contributed by atoms with Gasteiger partial charge in [-0.2, -0.15) is 0 Å². The Morgan fingerprint density at radius 2 is 2.20 bits per heavy atom. The first-order valence-electron chi connectivity index (χ1n) is 6.67. The van der Waals surface area contributed by atoms with E-state index in [0.717, 1.165) is 12.4 Å². The van der Waals surface area contributed by atoms with E-state index >= 15 is 0 Å². The smallest absolute Gasteiger partial charge is 0.258 e. The number of benzene rings is 1. The molecule has 0 unspecified atom stereocenters. The molecule has 0 saturated carbocycles. The summed E-state index contributed by atoms with van der Waals surface area (Å²) in [7, 11) is 0. The van der Waals surface area contributed by atoms with Crippen molar-refractivity contribution in [1.82, 2.24) is 19.7 Å². The lowest BCUT2D eigenvalue weighted by Crippen LogP contribution is -2.38. The summed E-state index contributed by atoms with van der Waals surface area (Å²) in [6.45, 7) is 4.32. The fraction of sp³-hybridized carbons (Fsp3) is 0.357. The van der Waals surface area contributed by atoms with Crippen molar-refractivity contribution in [3.05, 3.63) is 42.0 Å². The first-order valence-corrected chi connectivity index (χ1v) is 6.67. The van der Waals surface area contributed by atoms with Crippen LogP contribution in [0.1, 0.15) is 23.1 Å². The second kappa shape index (κ2) is 5.32. The zero-order valence-electron chi connectivity index (χ0n) is 11.3. The monoisotopic (exact) mass is 272 g/mol. The van der Waals surface area contributed by atoms with Crippen LogP contribution in [0.4, 0.5) is 0 Å². The maximum atomic E-state index is 12.6. The van der Waals surface area contributed by atoms with Gasteiger partial charge in [-0.1, -0.05) is 12.1 Å². The number of carbonyl (C=O) groups is 1. The van der Waals surface area contributed by atoms with E-state index in [1.54, 1.807) is 17.3 Å². The van der Waals surface area contributed by atoms with E-state index < -0.39 is 0 Å². The molecule has 104 valence electrons. The first kappa shape index (κ1) is 12.7. The molecule has 6 heteroatoms. The molecule has 2 aromatic rings. The number of amides is 1. The Kier molecular flexibility index (Phi) is 3.37. The van der Waals surface area contributed by atoms with Crippen molar-refractivity contribution in [1.29, 1.82) is 0 Å². The quantitative estimate of drug-likeness (QED) is 0.846. The average Bonchev–Trinajstić information content (AvgIpc) is 2.95. The van der Waals surface area contributed by atoms with Crippen LogP contribution >= 0.6 is 0 Å². The van der Waals surface area contributed by atoms with E-state index in [9.17, 15) is 4.79 Å². The fourth-order valence-electron chi connectivity index (χ4n) is 2.33. The standard InChI is InChI=1S/C14H16N4O2/c1-2-20-12-6-4-3-5-11(12)14(19)17-7-8-18-10-15-16-13(18)9-17/h3-6,10H,2,7-9H2,1H3. The van der Waals surface area contributed by atoms with Gasteiger partial charge in [-0.25, -0.2) is 0 Å². The summed E-state index contributed by atoms with van der Waals surface area (Å²) in [5, 5.41) is 7.90. The second-order valence-electron chi connectivity index (χ2n) is 4.60. The number of rotatable bonds is 3. The molecule has 1 aromatic heterocycles. The molecule has 1 amide bonds. The van der Waals surface area contributed by atoms with E-state index in [2.05, 4.69) is 10.2 Å². The molecule has 2 heterocycles. The van der Waals surface area contributed by atoms with Gasteiger partial charge in [0.15, 0.2) is 5.82 Å². The third-order valence-electron chi connectivity index (χ3n) is 3.34. The number of para-hydroxylation sites is 1. The van der Waals surface area contributed by atoms with E-state index in [1.807, 2.05) is 29.7 Å². The molecule has 0 spiro atoms. The van der Waals surface area contributed by atoms with Gasteiger partial charge in [-0.05, 0) is 19.1 Å². The number of aromatic nitrogens is 3. The van der Waals surface area contributed by atoms with Crippen LogP contribution in [0.25, 0.3) is 0 Å². The van der Waals surface area contributed by atoms with Gasteiger partial charge in [-0.3, -0.25) is 4.79 Å². The molecular formula is C14H16N4O2. The predicted octanol–water partition coefficient (Wildman–Crippen LogP) is 1.33. The molecule has 1 aliphatic rings. The van der Waals surface area contributed by atoms with Gasteiger partial charge in [0, 0.05) is 13.1 Å². The van der Waals surface area contributed by atoms with Gasteiger partial charge >= 0.3 is 0 Å². The van der Waals surface area contributed by atoms with Crippen LogP contribution in [0.2, 0.25) is 0 Å². The maximum Gasteiger partial charge on any atom is 0.258 e. The van der Waals surface area contributed by atoms with Gasteiger partial charge < -0.3 is 14.2 Å². The lowest BCUT2D eigenvalue weighted by molar-refractivity contribution is 0.0703. The molecule has 1 aliphatic heterocycles. The Morgan fingerprint density at radius 1 is 1.35 bits per heavy atom. The highest BCUT2D eigenvalue weighted by Gasteiger charge is 2.24. The largest absolute Gasteiger partial charge is 0.493 e. The molecule has 0 atom stereocenters. The SMILES string of the molecule is CCOc1ccccc1C(=O)N1CCn2cnnc2C1. The predicted molar refractivity (Wildman–Crippen MR) is 72.4 cm³/mol.